The maximum absolute atomic E-state index is 9.13. The first kappa shape index (κ1) is 44.4. The molecule has 4 heteroatoms. The number of hydrogen-bond acceptors (Lipinski definition) is 1. The maximum atomic E-state index is 9.13. The van der Waals surface area contributed by atoms with Crippen LogP contribution < -0.4 is 0 Å². The van der Waals surface area contributed by atoms with Crippen molar-refractivity contribution in [1.29, 1.82) is 0 Å². The molecule has 0 spiro atoms. The topological polar surface area (TPSA) is 27.1 Å². The fraction of sp³-hybridized carbons (Fsp3) is 0. The third kappa shape index (κ3) is 7.41. The molecule has 0 saturated heterocycles. The van der Waals surface area contributed by atoms with Gasteiger partial charge in [-0.05, 0) is 104 Å². The molecule has 0 aliphatic heterocycles. The lowest BCUT2D eigenvalue weighted by atomic mass is 9.92. The van der Waals surface area contributed by atoms with E-state index in [2.05, 4.69) is 281 Å². The smallest absolute Gasteiger partial charge is 0.211 e. The van der Waals surface area contributed by atoms with E-state index in [1.807, 2.05) is 12.1 Å². The Morgan fingerprint density at radius 2 is 0.645 bits per heavy atom. The van der Waals surface area contributed by atoms with Gasteiger partial charge in [0.1, 0.15) is 0 Å². The second-order valence-corrected chi connectivity index (χ2v) is 19.3. The zero-order valence-electron chi connectivity index (χ0n) is 41.3. The molecule has 3 heterocycles. The highest BCUT2D eigenvalue weighted by Crippen LogP contribution is 2.48. The van der Waals surface area contributed by atoms with Gasteiger partial charge in [0.25, 0.3) is 0 Å². The van der Waals surface area contributed by atoms with Crippen LogP contribution in [0.15, 0.2) is 279 Å². The van der Waals surface area contributed by atoms with Gasteiger partial charge in [-0.2, -0.15) is 0 Å². The quantitative estimate of drug-likeness (QED) is 0.132. The number of nitrogens with zero attached hydrogens (tertiary/aromatic N) is 4. The van der Waals surface area contributed by atoms with Crippen LogP contribution in [0.5, 0.6) is 0 Å². The molecule has 0 unspecified atom stereocenters. The molecule has 3 aromatic heterocycles. The number of hydrogen-bond donors (Lipinski definition) is 0. The molecule has 0 atom stereocenters. The van der Waals surface area contributed by atoms with Crippen LogP contribution in [0.4, 0.5) is 5.69 Å². The first-order valence-corrected chi connectivity index (χ1v) is 25.7. The highest BCUT2D eigenvalue weighted by atomic mass is 15.0. The van der Waals surface area contributed by atoms with Gasteiger partial charge in [0.15, 0.2) is 0 Å². The summed E-state index contributed by atoms with van der Waals surface area (Å²) >= 11 is 0. The Morgan fingerprint density at radius 3 is 1.11 bits per heavy atom. The third-order valence-corrected chi connectivity index (χ3v) is 15.0. The van der Waals surface area contributed by atoms with Crippen molar-refractivity contribution < 1.29 is 0 Å². The van der Waals surface area contributed by atoms with E-state index < -0.39 is 0 Å². The summed E-state index contributed by atoms with van der Waals surface area (Å²) in [5.41, 5.74) is 21.3. The molecule has 0 aliphatic carbocycles. The second-order valence-electron chi connectivity index (χ2n) is 19.3. The molecule has 14 rings (SSSR count). The number of benzene rings is 11. The highest BCUT2D eigenvalue weighted by Gasteiger charge is 2.25. The Kier molecular flexibility index (Phi) is 10.9. The second kappa shape index (κ2) is 18.6. The standard InChI is InChI=1S/C72H46N4/c1-73-64-46-61(52-44-62(50-28-10-4-11-29-50)74-63(45-52)51-30-12-5-13-31-51)69(75-65-40-20-18-36-59(65)71-57(38-22-42-67(71)75)55-34-16-14-32-53(55)48-24-6-2-7-25-48)47-70(64)76-66-41-21-19-37-60(66)72-58(39-23-43-68(72)76)56-35-17-15-33-54(56)49-26-8-3-9-27-49/h2-47H. The van der Waals surface area contributed by atoms with E-state index in [0.29, 0.717) is 5.69 Å². The van der Waals surface area contributed by atoms with Crippen LogP contribution in [-0.4, -0.2) is 14.1 Å². The van der Waals surface area contributed by atoms with Gasteiger partial charge in [0.2, 0.25) is 5.69 Å². The van der Waals surface area contributed by atoms with E-state index in [1.54, 1.807) is 0 Å². The summed E-state index contributed by atoms with van der Waals surface area (Å²) in [5, 5.41) is 4.55. The molecule has 0 N–H and O–H groups in total. The lowest BCUT2D eigenvalue weighted by Crippen LogP contribution is -2.02. The minimum Gasteiger partial charge on any atom is -0.319 e. The Bertz CT molecular complexity index is 4510. The maximum Gasteiger partial charge on any atom is 0.211 e. The molecule has 11 aromatic carbocycles. The first-order valence-electron chi connectivity index (χ1n) is 25.7. The summed E-state index contributed by atoms with van der Waals surface area (Å²) in [4.78, 5) is 9.79. The fourth-order valence-electron chi connectivity index (χ4n) is 11.6. The van der Waals surface area contributed by atoms with Crippen molar-refractivity contribution in [2.24, 2.45) is 0 Å². The van der Waals surface area contributed by atoms with Crippen molar-refractivity contribution in [3.63, 3.8) is 0 Å². The SMILES string of the molecule is [C-]#[N+]c1cc(-c2cc(-c3ccccc3)nc(-c3ccccc3)c2)c(-n2c3ccccc3c3c(-c4ccccc4-c4ccccc4)cccc32)cc1-n1c2ccccc2c2c(-c3ccccc3-c3ccccc3)cccc21. The van der Waals surface area contributed by atoms with Gasteiger partial charge in [0, 0.05) is 32.7 Å². The van der Waals surface area contributed by atoms with Crippen molar-refractivity contribution in [3.05, 3.63) is 290 Å². The Labute approximate surface area is 441 Å². The van der Waals surface area contributed by atoms with E-state index >= 15 is 0 Å². The Balaban J connectivity index is 1.10. The van der Waals surface area contributed by atoms with Gasteiger partial charge in [-0.25, -0.2) is 9.83 Å². The number of pyridine rings is 1. The molecule has 14 aromatic rings. The first-order chi connectivity index (χ1) is 37.7. The molecule has 0 fully saturated rings. The van der Waals surface area contributed by atoms with E-state index in [-0.39, 0.29) is 0 Å². The van der Waals surface area contributed by atoms with E-state index in [9.17, 15) is 0 Å². The van der Waals surface area contributed by atoms with Crippen molar-refractivity contribution >= 4 is 49.3 Å². The summed E-state index contributed by atoms with van der Waals surface area (Å²) in [6, 6.07) is 99.1. The monoisotopic (exact) mass is 966 g/mol. The number of fused-ring (bicyclic) bond motifs is 6. The Hall–Kier alpha value is -10.3. The summed E-state index contributed by atoms with van der Waals surface area (Å²) in [5.74, 6) is 0. The summed E-state index contributed by atoms with van der Waals surface area (Å²) < 4.78 is 4.76. The van der Waals surface area contributed by atoms with E-state index in [0.717, 1.165) is 116 Å². The van der Waals surface area contributed by atoms with Crippen LogP contribution in [0.25, 0.3) is 138 Å². The normalized spacial score (nSPS) is 11.4. The summed E-state index contributed by atoms with van der Waals surface area (Å²) in [7, 11) is 0. The van der Waals surface area contributed by atoms with E-state index in [1.165, 1.54) is 16.7 Å². The van der Waals surface area contributed by atoms with Crippen molar-refractivity contribution in [3.8, 4) is 89.5 Å². The molecule has 0 amide bonds. The zero-order valence-corrected chi connectivity index (χ0v) is 41.3. The third-order valence-electron chi connectivity index (χ3n) is 15.0. The van der Waals surface area contributed by atoms with Crippen LogP contribution in [0.1, 0.15) is 0 Å². The molecule has 0 saturated carbocycles. The zero-order chi connectivity index (χ0) is 50.5. The van der Waals surface area contributed by atoms with Gasteiger partial charge in [-0.1, -0.05) is 231 Å². The van der Waals surface area contributed by atoms with Crippen molar-refractivity contribution in [2.75, 3.05) is 0 Å². The predicted octanol–water partition coefficient (Wildman–Crippen LogP) is 19.5. The Morgan fingerprint density at radius 1 is 0.276 bits per heavy atom. The van der Waals surface area contributed by atoms with E-state index in [4.69, 9.17) is 11.6 Å². The van der Waals surface area contributed by atoms with Crippen LogP contribution in [-0.2, 0) is 0 Å². The van der Waals surface area contributed by atoms with Crippen molar-refractivity contribution in [1.82, 2.24) is 14.1 Å². The fourth-order valence-corrected chi connectivity index (χ4v) is 11.6. The van der Waals surface area contributed by atoms with Gasteiger partial charge in [-0.3, -0.25) is 0 Å². The molecule has 76 heavy (non-hydrogen) atoms. The minimum absolute atomic E-state index is 0.536. The van der Waals surface area contributed by atoms with Gasteiger partial charge >= 0.3 is 0 Å². The number of rotatable bonds is 9. The molecule has 4 nitrogen and oxygen atoms in total. The molecule has 0 radical (unpaired) electrons. The highest BCUT2D eigenvalue weighted by molar-refractivity contribution is 6.19. The molecule has 0 aliphatic rings. The van der Waals surface area contributed by atoms with Gasteiger partial charge in [-0.15, -0.1) is 0 Å². The molecule has 354 valence electrons. The lowest BCUT2D eigenvalue weighted by molar-refractivity contribution is 1.14. The van der Waals surface area contributed by atoms with Crippen LogP contribution in [0, 0.1) is 6.57 Å². The van der Waals surface area contributed by atoms with Crippen LogP contribution >= 0.6 is 0 Å². The minimum atomic E-state index is 0.536. The number of aromatic nitrogens is 3. The predicted molar refractivity (Wildman–Crippen MR) is 317 cm³/mol. The average Bonchev–Trinajstić information content (AvgIpc) is 4.13. The van der Waals surface area contributed by atoms with Gasteiger partial charge in [0.05, 0.1) is 51.4 Å². The molecular weight excluding hydrogens is 921 g/mol. The summed E-state index contributed by atoms with van der Waals surface area (Å²) in [6.45, 7) is 9.13. The van der Waals surface area contributed by atoms with Gasteiger partial charge < -0.3 is 9.13 Å². The molecule has 0 bridgehead atoms. The average molecular weight is 967 g/mol. The molecular formula is C72H46N4. The van der Waals surface area contributed by atoms with Crippen LogP contribution in [0.2, 0.25) is 0 Å². The number of para-hydroxylation sites is 2. The lowest BCUT2D eigenvalue weighted by Gasteiger charge is -2.20. The van der Waals surface area contributed by atoms with Crippen LogP contribution in [0.3, 0.4) is 0 Å². The summed E-state index contributed by atoms with van der Waals surface area (Å²) in [6.07, 6.45) is 0. The van der Waals surface area contributed by atoms with Crippen molar-refractivity contribution in [2.45, 2.75) is 0 Å². The largest absolute Gasteiger partial charge is 0.319 e.